The smallest absolute Gasteiger partial charge is 0.239 e. The Labute approximate surface area is 143 Å². The molecule has 0 atom stereocenters. The van der Waals surface area contributed by atoms with Crippen LogP contribution in [0.15, 0.2) is 12.3 Å². The number of nitrogens with zero attached hydrogens (tertiary/aromatic N) is 4. The molecule has 1 aliphatic carbocycles. The van der Waals surface area contributed by atoms with Crippen LogP contribution in [-0.2, 0) is 9.59 Å². The maximum Gasteiger partial charge on any atom is 0.239 e. The van der Waals surface area contributed by atoms with Gasteiger partial charge in [-0.1, -0.05) is 19.3 Å². The lowest BCUT2D eigenvalue weighted by molar-refractivity contribution is -0.130. The molecule has 1 aromatic rings. The number of carbonyl (C=O) groups excluding carboxylic acids is 2. The molecule has 0 unspecified atom stereocenters. The molecule has 1 saturated heterocycles. The first kappa shape index (κ1) is 17.0. The highest BCUT2D eigenvalue weighted by atomic mass is 16.2. The number of nitrogens with one attached hydrogen (secondary N) is 1. The zero-order valence-corrected chi connectivity index (χ0v) is 14.4. The van der Waals surface area contributed by atoms with E-state index in [1.807, 2.05) is 21.8 Å². The molecule has 0 radical (unpaired) electrons. The Bertz CT molecular complexity index is 571. The summed E-state index contributed by atoms with van der Waals surface area (Å²) < 4.78 is 2.00. The summed E-state index contributed by atoms with van der Waals surface area (Å²) in [6.45, 7) is 4.80. The Morgan fingerprint density at radius 1 is 1.17 bits per heavy atom. The molecule has 7 nitrogen and oxygen atoms in total. The lowest BCUT2D eigenvalue weighted by Crippen LogP contribution is -2.49. The Balaban J connectivity index is 1.45. The molecule has 2 aliphatic rings. The van der Waals surface area contributed by atoms with Crippen molar-refractivity contribution in [2.75, 3.05) is 38.0 Å². The Hall–Kier alpha value is -1.89. The molecular formula is C17H27N5O2. The van der Waals surface area contributed by atoms with Gasteiger partial charge in [-0.3, -0.25) is 19.2 Å². The van der Waals surface area contributed by atoms with E-state index in [2.05, 4.69) is 15.3 Å². The van der Waals surface area contributed by atoms with Crippen LogP contribution in [0, 0.1) is 0 Å². The van der Waals surface area contributed by atoms with E-state index in [0.29, 0.717) is 31.5 Å². The van der Waals surface area contributed by atoms with Gasteiger partial charge in [-0.15, -0.1) is 0 Å². The fourth-order valence-electron chi connectivity index (χ4n) is 3.56. The van der Waals surface area contributed by atoms with E-state index in [0.717, 1.165) is 13.1 Å². The van der Waals surface area contributed by atoms with Crippen LogP contribution >= 0.6 is 0 Å². The average molecular weight is 333 g/mol. The molecule has 132 valence electrons. The van der Waals surface area contributed by atoms with E-state index in [1.54, 1.807) is 6.92 Å². The normalized spacial score (nSPS) is 20.1. The van der Waals surface area contributed by atoms with Gasteiger partial charge in [-0.25, -0.2) is 0 Å². The number of anilines is 1. The van der Waals surface area contributed by atoms with Gasteiger partial charge in [0.25, 0.3) is 0 Å². The molecule has 2 amide bonds. The second-order valence-electron chi connectivity index (χ2n) is 6.80. The highest BCUT2D eigenvalue weighted by Crippen LogP contribution is 2.27. The van der Waals surface area contributed by atoms with Crippen LogP contribution in [0.5, 0.6) is 0 Å². The molecule has 0 aromatic carbocycles. The zero-order chi connectivity index (χ0) is 16.9. The van der Waals surface area contributed by atoms with Gasteiger partial charge in [0.15, 0.2) is 5.82 Å². The molecule has 0 spiro atoms. The average Bonchev–Trinajstić information content (AvgIpc) is 3.04. The van der Waals surface area contributed by atoms with E-state index >= 15 is 0 Å². The van der Waals surface area contributed by atoms with E-state index in [4.69, 9.17) is 0 Å². The molecule has 24 heavy (non-hydrogen) atoms. The third-order valence-corrected chi connectivity index (χ3v) is 5.01. The minimum Gasteiger partial charge on any atom is -0.340 e. The fourth-order valence-corrected chi connectivity index (χ4v) is 3.56. The number of aromatic nitrogens is 2. The number of piperazine rings is 1. The third-order valence-electron chi connectivity index (χ3n) is 5.01. The van der Waals surface area contributed by atoms with Crippen LogP contribution in [-0.4, -0.2) is 64.1 Å². The number of hydrogen-bond donors (Lipinski definition) is 1. The molecule has 1 saturated carbocycles. The van der Waals surface area contributed by atoms with Crippen LogP contribution in [0.2, 0.25) is 0 Å². The molecule has 2 fully saturated rings. The summed E-state index contributed by atoms with van der Waals surface area (Å²) in [5.74, 6) is 0.695. The van der Waals surface area contributed by atoms with Gasteiger partial charge >= 0.3 is 0 Å². The Morgan fingerprint density at radius 2 is 1.88 bits per heavy atom. The summed E-state index contributed by atoms with van der Waals surface area (Å²) in [5.41, 5.74) is 0. The predicted octanol–water partition coefficient (Wildman–Crippen LogP) is 1.49. The van der Waals surface area contributed by atoms with Gasteiger partial charge in [0.05, 0.1) is 12.6 Å². The van der Waals surface area contributed by atoms with Crippen molar-refractivity contribution in [2.24, 2.45) is 0 Å². The van der Waals surface area contributed by atoms with Crippen molar-refractivity contribution < 1.29 is 9.59 Å². The van der Waals surface area contributed by atoms with Gasteiger partial charge in [0, 0.05) is 45.4 Å². The van der Waals surface area contributed by atoms with Gasteiger partial charge in [0.1, 0.15) is 0 Å². The van der Waals surface area contributed by atoms with E-state index < -0.39 is 0 Å². The number of hydrogen-bond acceptors (Lipinski definition) is 4. The maximum atomic E-state index is 12.2. The second-order valence-corrected chi connectivity index (χ2v) is 6.80. The van der Waals surface area contributed by atoms with Crippen molar-refractivity contribution in [1.29, 1.82) is 0 Å². The van der Waals surface area contributed by atoms with E-state index in [1.165, 1.54) is 32.1 Å². The summed E-state index contributed by atoms with van der Waals surface area (Å²) >= 11 is 0. The summed E-state index contributed by atoms with van der Waals surface area (Å²) in [4.78, 5) is 27.4. The molecule has 1 N–H and O–H groups in total. The molecule has 7 heteroatoms. The van der Waals surface area contributed by atoms with Crippen LogP contribution < -0.4 is 5.32 Å². The second kappa shape index (κ2) is 7.79. The molecule has 1 aromatic heterocycles. The molecule has 0 bridgehead atoms. The highest BCUT2D eigenvalue weighted by Gasteiger charge is 2.21. The Kier molecular flexibility index (Phi) is 5.50. The largest absolute Gasteiger partial charge is 0.340 e. The molecule has 2 heterocycles. The zero-order valence-electron chi connectivity index (χ0n) is 14.4. The van der Waals surface area contributed by atoms with Gasteiger partial charge in [-0.05, 0) is 12.8 Å². The fraction of sp³-hybridized carbons (Fsp3) is 0.706. The molecule has 1 aliphatic heterocycles. The van der Waals surface area contributed by atoms with E-state index in [9.17, 15) is 9.59 Å². The summed E-state index contributed by atoms with van der Waals surface area (Å²) in [6.07, 6.45) is 8.16. The van der Waals surface area contributed by atoms with Crippen LogP contribution in [0.25, 0.3) is 0 Å². The Morgan fingerprint density at radius 3 is 2.54 bits per heavy atom. The number of carbonyl (C=O) groups is 2. The summed E-state index contributed by atoms with van der Waals surface area (Å²) in [5, 5.41) is 7.41. The topological polar surface area (TPSA) is 70.5 Å². The van der Waals surface area contributed by atoms with Gasteiger partial charge in [0.2, 0.25) is 11.8 Å². The van der Waals surface area contributed by atoms with Crippen LogP contribution in [0.4, 0.5) is 5.82 Å². The predicted molar refractivity (Wildman–Crippen MR) is 91.7 cm³/mol. The first-order chi connectivity index (χ1) is 11.6. The van der Waals surface area contributed by atoms with Gasteiger partial charge < -0.3 is 10.2 Å². The van der Waals surface area contributed by atoms with Crippen molar-refractivity contribution in [3.05, 3.63) is 12.3 Å². The lowest BCUT2D eigenvalue weighted by atomic mass is 9.96. The van der Waals surface area contributed by atoms with Crippen molar-refractivity contribution in [2.45, 2.75) is 45.1 Å². The minimum absolute atomic E-state index is 0.0415. The first-order valence-corrected chi connectivity index (χ1v) is 8.95. The first-order valence-electron chi connectivity index (χ1n) is 8.95. The van der Waals surface area contributed by atoms with Crippen LogP contribution in [0.1, 0.15) is 45.1 Å². The minimum atomic E-state index is -0.0415. The summed E-state index contributed by atoms with van der Waals surface area (Å²) in [6, 6.07) is 2.35. The third kappa shape index (κ3) is 4.35. The maximum absolute atomic E-state index is 12.2. The van der Waals surface area contributed by atoms with Gasteiger partial charge in [-0.2, -0.15) is 5.10 Å². The number of amides is 2. The quantitative estimate of drug-likeness (QED) is 0.906. The van der Waals surface area contributed by atoms with Crippen molar-refractivity contribution >= 4 is 17.6 Å². The number of rotatable bonds is 4. The SMILES string of the molecule is CC(=O)N1CCN(CC(=O)Nc2ccn(C3CCCCC3)n2)CC1. The molecular weight excluding hydrogens is 306 g/mol. The summed E-state index contributed by atoms with van der Waals surface area (Å²) in [7, 11) is 0. The van der Waals surface area contributed by atoms with Crippen LogP contribution in [0.3, 0.4) is 0 Å². The monoisotopic (exact) mass is 333 g/mol. The molecule has 3 rings (SSSR count). The highest BCUT2D eigenvalue weighted by molar-refractivity contribution is 5.91. The van der Waals surface area contributed by atoms with Crippen molar-refractivity contribution in [3.63, 3.8) is 0 Å². The van der Waals surface area contributed by atoms with Crippen molar-refractivity contribution in [1.82, 2.24) is 19.6 Å². The standard InChI is InChI=1S/C17H27N5O2/c1-14(23)21-11-9-20(10-12-21)13-17(24)18-16-7-8-22(19-16)15-5-3-2-4-6-15/h7-8,15H,2-6,9-13H2,1H3,(H,18,19,24). The lowest BCUT2D eigenvalue weighted by Gasteiger charge is -2.33. The van der Waals surface area contributed by atoms with E-state index in [-0.39, 0.29) is 11.8 Å². The van der Waals surface area contributed by atoms with Crippen molar-refractivity contribution in [3.8, 4) is 0 Å².